The molecule has 2 rings (SSSR count). The molecule has 5 nitrogen and oxygen atoms in total. The number of nitrogens with zero attached hydrogens (tertiary/aromatic N) is 3. The average molecular weight is 328 g/mol. The number of carbonyl (C=O) groups excluding carboxylic acids is 1. The van der Waals surface area contributed by atoms with Crippen molar-refractivity contribution in [1.82, 2.24) is 14.5 Å². The van der Waals surface area contributed by atoms with Crippen molar-refractivity contribution in [3.8, 4) is 0 Å². The average Bonchev–Trinajstić information content (AvgIpc) is 2.71. The minimum atomic E-state index is -0.440. The van der Waals surface area contributed by atoms with Gasteiger partial charge in [-0.2, -0.15) is 4.98 Å². The summed E-state index contributed by atoms with van der Waals surface area (Å²) in [6.45, 7) is 7.99. The van der Waals surface area contributed by atoms with Crippen molar-refractivity contribution < 1.29 is 13.9 Å². The van der Waals surface area contributed by atoms with Crippen molar-refractivity contribution in [2.75, 3.05) is 6.61 Å². The summed E-state index contributed by atoms with van der Waals surface area (Å²) in [5, 5.41) is 0.318. The van der Waals surface area contributed by atoms with Crippen LogP contribution in [0.25, 0.3) is 11.0 Å². The van der Waals surface area contributed by atoms with E-state index in [9.17, 15) is 9.18 Å². The fourth-order valence-corrected chi connectivity index (χ4v) is 2.54. The van der Waals surface area contributed by atoms with E-state index >= 15 is 0 Å². The normalized spacial score (nSPS) is 13.4. The summed E-state index contributed by atoms with van der Waals surface area (Å²) in [4.78, 5) is 19.8. The van der Waals surface area contributed by atoms with Crippen LogP contribution in [0.1, 0.15) is 40.2 Å². The molecule has 22 heavy (non-hydrogen) atoms. The van der Waals surface area contributed by atoms with Crippen molar-refractivity contribution in [1.29, 1.82) is 0 Å². The number of halogens is 2. The third-order valence-corrected chi connectivity index (χ3v) is 3.68. The van der Waals surface area contributed by atoms with E-state index in [1.807, 2.05) is 20.8 Å². The van der Waals surface area contributed by atoms with Gasteiger partial charge in [-0.3, -0.25) is 4.79 Å². The van der Waals surface area contributed by atoms with Gasteiger partial charge in [-0.05, 0) is 23.9 Å². The largest absolute Gasteiger partial charge is 0.466 e. The molecule has 0 amide bonds. The number of ether oxygens (including phenoxy) is 1. The lowest BCUT2D eigenvalue weighted by molar-refractivity contribution is -0.144. The molecular formula is C15H19ClFN3O2. The molecule has 0 saturated carbocycles. The van der Waals surface area contributed by atoms with Crippen molar-refractivity contribution in [3.05, 3.63) is 23.5 Å². The van der Waals surface area contributed by atoms with Crippen LogP contribution < -0.4 is 0 Å². The number of fused-ring (bicyclic) bond motifs is 1. The predicted molar refractivity (Wildman–Crippen MR) is 82.2 cm³/mol. The quantitative estimate of drug-likeness (QED) is 0.633. The molecule has 0 bridgehead atoms. The second-order valence-electron chi connectivity index (χ2n) is 6.15. The molecule has 0 aliphatic heterocycles. The third-order valence-electron chi connectivity index (χ3n) is 3.49. The van der Waals surface area contributed by atoms with Crippen molar-refractivity contribution >= 4 is 28.6 Å². The molecule has 0 N–H and O–H groups in total. The van der Waals surface area contributed by atoms with Crippen LogP contribution in [0.2, 0.25) is 5.28 Å². The maximum atomic E-state index is 14.1. The van der Waals surface area contributed by atoms with Gasteiger partial charge in [0.25, 0.3) is 0 Å². The Hall–Kier alpha value is -1.69. The van der Waals surface area contributed by atoms with Crippen LogP contribution in [0, 0.1) is 11.2 Å². The summed E-state index contributed by atoms with van der Waals surface area (Å²) >= 11 is 5.82. The monoisotopic (exact) mass is 327 g/mol. The highest BCUT2D eigenvalue weighted by Gasteiger charge is 2.31. The molecule has 2 aromatic heterocycles. The highest BCUT2D eigenvalue weighted by Crippen LogP contribution is 2.36. The summed E-state index contributed by atoms with van der Waals surface area (Å²) in [7, 11) is 0. The highest BCUT2D eigenvalue weighted by molar-refractivity contribution is 6.28. The van der Waals surface area contributed by atoms with Crippen molar-refractivity contribution in [2.24, 2.45) is 5.41 Å². The second-order valence-corrected chi connectivity index (χ2v) is 6.49. The van der Waals surface area contributed by atoms with E-state index in [1.54, 1.807) is 11.5 Å². The van der Waals surface area contributed by atoms with Crippen LogP contribution in [-0.4, -0.2) is 27.1 Å². The first-order valence-electron chi connectivity index (χ1n) is 7.08. The lowest BCUT2D eigenvalue weighted by Gasteiger charge is -2.31. The number of carbonyl (C=O) groups is 1. The molecule has 1 atom stereocenters. The summed E-state index contributed by atoms with van der Waals surface area (Å²) in [6.07, 6.45) is 2.81. The standard InChI is InChI=1S/C15H19ClFN3O2/c1-5-22-12(21)6-11(15(2,3)4)20-8-10(17)9-7-18-14(16)19-13(9)20/h7-8,11H,5-6H2,1-4H3. The predicted octanol–water partition coefficient (Wildman–Crippen LogP) is 3.76. The van der Waals surface area contributed by atoms with Crippen LogP contribution in [0.15, 0.2) is 12.4 Å². The lowest BCUT2D eigenvalue weighted by atomic mass is 9.84. The number of aromatic nitrogens is 3. The van der Waals surface area contributed by atoms with Gasteiger partial charge in [0.15, 0.2) is 5.82 Å². The van der Waals surface area contributed by atoms with Gasteiger partial charge in [-0.1, -0.05) is 20.8 Å². The van der Waals surface area contributed by atoms with Crippen LogP contribution >= 0.6 is 11.6 Å². The Morgan fingerprint density at radius 2 is 2.18 bits per heavy atom. The Morgan fingerprint density at radius 1 is 1.50 bits per heavy atom. The number of esters is 1. The highest BCUT2D eigenvalue weighted by atomic mass is 35.5. The molecule has 0 spiro atoms. The maximum Gasteiger partial charge on any atom is 0.307 e. The molecule has 0 aliphatic rings. The zero-order valence-corrected chi connectivity index (χ0v) is 13.8. The Kier molecular flexibility index (Phi) is 4.70. The maximum absolute atomic E-state index is 14.1. The first kappa shape index (κ1) is 16.7. The van der Waals surface area contributed by atoms with E-state index in [0.717, 1.165) is 0 Å². The van der Waals surface area contributed by atoms with E-state index < -0.39 is 5.82 Å². The van der Waals surface area contributed by atoms with Gasteiger partial charge >= 0.3 is 5.97 Å². The number of hydrogen-bond acceptors (Lipinski definition) is 4. The summed E-state index contributed by atoms with van der Waals surface area (Å²) < 4.78 is 20.8. The molecule has 0 fully saturated rings. The Bertz CT molecular complexity index is 694. The lowest BCUT2D eigenvalue weighted by Crippen LogP contribution is -2.27. The minimum absolute atomic E-state index is 0.0376. The molecule has 0 aromatic carbocycles. The Balaban J connectivity index is 2.52. The zero-order chi connectivity index (χ0) is 16.5. The van der Waals surface area contributed by atoms with Gasteiger partial charge < -0.3 is 9.30 Å². The molecule has 1 unspecified atom stereocenters. The van der Waals surface area contributed by atoms with E-state index in [4.69, 9.17) is 16.3 Å². The van der Waals surface area contributed by atoms with Crippen molar-refractivity contribution in [2.45, 2.75) is 40.2 Å². The summed E-state index contributed by atoms with van der Waals surface area (Å²) in [5.41, 5.74) is 0.0736. The Morgan fingerprint density at radius 3 is 2.77 bits per heavy atom. The van der Waals surface area contributed by atoms with Gasteiger partial charge in [-0.25, -0.2) is 9.37 Å². The molecule has 2 heterocycles. The fraction of sp³-hybridized carbons (Fsp3) is 0.533. The summed E-state index contributed by atoms with van der Waals surface area (Å²) in [5.74, 6) is -0.769. The SMILES string of the molecule is CCOC(=O)CC(n1cc(F)c2cnc(Cl)nc21)C(C)(C)C. The van der Waals surface area contributed by atoms with E-state index in [0.29, 0.717) is 12.3 Å². The first-order chi connectivity index (χ1) is 10.2. The van der Waals surface area contributed by atoms with Crippen LogP contribution in [0.5, 0.6) is 0 Å². The smallest absolute Gasteiger partial charge is 0.307 e. The summed E-state index contributed by atoms with van der Waals surface area (Å²) in [6, 6.07) is -0.315. The van der Waals surface area contributed by atoms with Gasteiger partial charge in [0.1, 0.15) is 5.65 Å². The third kappa shape index (κ3) is 3.38. The molecular weight excluding hydrogens is 309 g/mol. The van der Waals surface area contributed by atoms with Crippen molar-refractivity contribution in [3.63, 3.8) is 0 Å². The molecule has 0 radical (unpaired) electrons. The van der Waals surface area contributed by atoms with Gasteiger partial charge in [0.2, 0.25) is 5.28 Å². The molecule has 0 saturated heterocycles. The van der Waals surface area contributed by atoms with Crippen LogP contribution in [0.3, 0.4) is 0 Å². The van der Waals surface area contributed by atoms with Crippen LogP contribution in [-0.2, 0) is 9.53 Å². The van der Waals surface area contributed by atoms with Gasteiger partial charge in [0, 0.05) is 12.4 Å². The fourth-order valence-electron chi connectivity index (χ4n) is 2.41. The zero-order valence-electron chi connectivity index (χ0n) is 13.1. The molecule has 0 aliphatic carbocycles. The first-order valence-corrected chi connectivity index (χ1v) is 7.46. The minimum Gasteiger partial charge on any atom is -0.466 e. The topological polar surface area (TPSA) is 57.0 Å². The number of rotatable bonds is 4. The molecule has 120 valence electrons. The van der Waals surface area contributed by atoms with E-state index in [2.05, 4.69) is 9.97 Å². The second kappa shape index (κ2) is 6.20. The number of hydrogen-bond donors (Lipinski definition) is 0. The molecule has 7 heteroatoms. The van der Waals surface area contributed by atoms with Gasteiger partial charge in [-0.15, -0.1) is 0 Å². The van der Waals surface area contributed by atoms with E-state index in [1.165, 1.54) is 12.4 Å². The Labute approximate surface area is 133 Å². The molecule has 2 aromatic rings. The van der Waals surface area contributed by atoms with Crippen LogP contribution in [0.4, 0.5) is 4.39 Å². The van der Waals surface area contributed by atoms with E-state index in [-0.39, 0.29) is 34.5 Å². The van der Waals surface area contributed by atoms with Gasteiger partial charge in [0.05, 0.1) is 24.5 Å².